The third kappa shape index (κ3) is 5.53. The second-order valence-electron chi connectivity index (χ2n) is 5.40. The molecule has 0 saturated carbocycles. The standard InChI is InChI=1S/C19H18ClNO5/c1-12-3-6-15(14(20)9-12)21-18(23)11-26-19(24)8-5-13-4-7-16(22)17(10-13)25-2/h3-10,22H,11H2,1-2H3,(H,21,23)/b8-5+. The van der Waals surface area contributed by atoms with Crippen LogP contribution in [0.15, 0.2) is 42.5 Å². The average Bonchev–Trinajstić information content (AvgIpc) is 2.61. The van der Waals surface area contributed by atoms with Gasteiger partial charge >= 0.3 is 5.97 Å². The van der Waals surface area contributed by atoms with Crippen molar-refractivity contribution in [3.05, 3.63) is 58.6 Å². The number of aryl methyl sites for hydroxylation is 1. The largest absolute Gasteiger partial charge is 0.504 e. The van der Waals surface area contributed by atoms with Gasteiger partial charge in [-0.15, -0.1) is 0 Å². The third-order valence-corrected chi connectivity index (χ3v) is 3.67. The number of hydrogen-bond acceptors (Lipinski definition) is 5. The molecule has 0 aliphatic carbocycles. The van der Waals surface area contributed by atoms with E-state index in [0.717, 1.165) is 5.56 Å². The van der Waals surface area contributed by atoms with Crippen molar-refractivity contribution in [2.75, 3.05) is 19.0 Å². The summed E-state index contributed by atoms with van der Waals surface area (Å²) in [5.74, 6) is -0.889. The fraction of sp³-hybridized carbons (Fsp3) is 0.158. The van der Waals surface area contributed by atoms with E-state index in [1.165, 1.54) is 25.3 Å². The lowest BCUT2D eigenvalue weighted by Gasteiger charge is -2.08. The van der Waals surface area contributed by atoms with Crippen LogP contribution in [0.4, 0.5) is 5.69 Å². The lowest BCUT2D eigenvalue weighted by Crippen LogP contribution is -2.20. The van der Waals surface area contributed by atoms with Crippen LogP contribution in [0.25, 0.3) is 6.08 Å². The lowest BCUT2D eigenvalue weighted by atomic mass is 10.2. The van der Waals surface area contributed by atoms with E-state index in [4.69, 9.17) is 21.1 Å². The van der Waals surface area contributed by atoms with E-state index >= 15 is 0 Å². The van der Waals surface area contributed by atoms with Gasteiger partial charge in [0, 0.05) is 6.08 Å². The first kappa shape index (κ1) is 19.3. The molecule has 0 aromatic heterocycles. The number of phenols is 1. The molecule has 0 unspecified atom stereocenters. The number of aromatic hydroxyl groups is 1. The Balaban J connectivity index is 1.87. The Morgan fingerprint density at radius 1 is 1.23 bits per heavy atom. The maximum atomic E-state index is 11.8. The van der Waals surface area contributed by atoms with Gasteiger partial charge in [-0.3, -0.25) is 4.79 Å². The van der Waals surface area contributed by atoms with Crippen LogP contribution in [-0.4, -0.2) is 30.7 Å². The van der Waals surface area contributed by atoms with E-state index in [9.17, 15) is 14.7 Å². The smallest absolute Gasteiger partial charge is 0.331 e. The van der Waals surface area contributed by atoms with Gasteiger partial charge in [0.2, 0.25) is 0 Å². The number of ether oxygens (including phenoxy) is 2. The first-order valence-corrected chi connectivity index (χ1v) is 8.04. The number of nitrogens with one attached hydrogen (secondary N) is 1. The van der Waals surface area contributed by atoms with Crippen LogP contribution >= 0.6 is 11.6 Å². The molecule has 0 atom stereocenters. The molecule has 0 radical (unpaired) electrons. The summed E-state index contributed by atoms with van der Waals surface area (Å²) >= 11 is 6.03. The lowest BCUT2D eigenvalue weighted by molar-refractivity contribution is -0.142. The van der Waals surface area contributed by atoms with E-state index < -0.39 is 18.5 Å². The third-order valence-electron chi connectivity index (χ3n) is 3.36. The number of phenolic OH excluding ortho intramolecular Hbond substituents is 1. The quantitative estimate of drug-likeness (QED) is 0.595. The highest BCUT2D eigenvalue weighted by Crippen LogP contribution is 2.26. The molecule has 2 rings (SSSR count). The Bertz CT molecular complexity index is 848. The van der Waals surface area contributed by atoms with Crippen molar-refractivity contribution in [3.8, 4) is 11.5 Å². The van der Waals surface area contributed by atoms with Crippen LogP contribution in [0.2, 0.25) is 5.02 Å². The SMILES string of the molecule is COc1cc(/C=C/C(=O)OCC(=O)Nc2ccc(C)cc2Cl)ccc1O. The maximum Gasteiger partial charge on any atom is 0.331 e. The molecule has 1 amide bonds. The van der Waals surface area contributed by atoms with E-state index in [0.29, 0.717) is 16.3 Å². The molecule has 2 aromatic rings. The molecule has 0 spiro atoms. The molecule has 2 aromatic carbocycles. The second-order valence-corrected chi connectivity index (χ2v) is 5.81. The monoisotopic (exact) mass is 375 g/mol. The molecule has 6 nitrogen and oxygen atoms in total. The van der Waals surface area contributed by atoms with Gasteiger partial charge in [0.25, 0.3) is 5.91 Å². The first-order chi connectivity index (χ1) is 12.4. The highest BCUT2D eigenvalue weighted by molar-refractivity contribution is 6.33. The minimum absolute atomic E-state index is 0.00124. The number of carbonyl (C=O) groups is 2. The Hall–Kier alpha value is -2.99. The summed E-state index contributed by atoms with van der Waals surface area (Å²) in [5, 5.41) is 12.5. The minimum atomic E-state index is -0.679. The van der Waals surface area contributed by atoms with Gasteiger partial charge in [-0.05, 0) is 48.4 Å². The minimum Gasteiger partial charge on any atom is -0.504 e. The summed E-state index contributed by atoms with van der Waals surface area (Å²) in [6.07, 6.45) is 2.66. The molecule has 0 saturated heterocycles. The van der Waals surface area contributed by atoms with Crippen LogP contribution in [0, 0.1) is 6.92 Å². The number of hydrogen-bond donors (Lipinski definition) is 2. The van der Waals surface area contributed by atoms with Crippen molar-refractivity contribution in [1.29, 1.82) is 0 Å². The molecular weight excluding hydrogens is 358 g/mol. The van der Waals surface area contributed by atoms with Gasteiger partial charge < -0.3 is 19.9 Å². The van der Waals surface area contributed by atoms with E-state index in [1.54, 1.807) is 24.3 Å². The molecular formula is C19H18ClNO5. The van der Waals surface area contributed by atoms with Crippen molar-refractivity contribution in [2.24, 2.45) is 0 Å². The van der Waals surface area contributed by atoms with Gasteiger partial charge in [-0.25, -0.2) is 4.79 Å². The molecule has 7 heteroatoms. The number of amides is 1. The number of anilines is 1. The van der Waals surface area contributed by atoms with Crippen molar-refractivity contribution in [3.63, 3.8) is 0 Å². The maximum absolute atomic E-state index is 11.8. The van der Waals surface area contributed by atoms with Crippen molar-refractivity contribution in [1.82, 2.24) is 0 Å². The van der Waals surface area contributed by atoms with E-state index in [2.05, 4.69) is 5.32 Å². The van der Waals surface area contributed by atoms with E-state index in [-0.39, 0.29) is 11.5 Å². The van der Waals surface area contributed by atoms with Crippen LogP contribution in [0.3, 0.4) is 0 Å². The van der Waals surface area contributed by atoms with Gasteiger partial charge in [-0.2, -0.15) is 0 Å². The zero-order valence-electron chi connectivity index (χ0n) is 14.3. The Labute approximate surface area is 156 Å². The zero-order valence-corrected chi connectivity index (χ0v) is 15.0. The van der Waals surface area contributed by atoms with Crippen molar-refractivity contribution < 1.29 is 24.2 Å². The fourth-order valence-electron chi connectivity index (χ4n) is 2.05. The fourth-order valence-corrected chi connectivity index (χ4v) is 2.34. The van der Waals surface area contributed by atoms with Gasteiger partial charge in [0.15, 0.2) is 18.1 Å². The number of rotatable bonds is 6. The highest BCUT2D eigenvalue weighted by Gasteiger charge is 2.08. The topological polar surface area (TPSA) is 84.9 Å². The molecule has 136 valence electrons. The Kier molecular flexibility index (Phi) is 6.63. The van der Waals surface area contributed by atoms with Crippen molar-refractivity contribution >= 4 is 35.2 Å². The number of carbonyl (C=O) groups excluding carboxylic acids is 2. The molecule has 0 aliphatic rings. The predicted molar refractivity (Wildman–Crippen MR) is 99.5 cm³/mol. The summed E-state index contributed by atoms with van der Waals surface area (Å²) in [4.78, 5) is 23.5. The number of benzene rings is 2. The van der Waals surface area contributed by atoms with Gasteiger partial charge in [-0.1, -0.05) is 23.7 Å². The number of methoxy groups -OCH3 is 1. The highest BCUT2D eigenvalue weighted by atomic mass is 35.5. The number of halogens is 1. The first-order valence-electron chi connectivity index (χ1n) is 7.67. The molecule has 0 bridgehead atoms. The molecule has 0 fully saturated rings. The molecule has 0 aliphatic heterocycles. The van der Waals surface area contributed by atoms with E-state index in [1.807, 2.05) is 13.0 Å². The molecule has 2 N–H and O–H groups in total. The molecule has 26 heavy (non-hydrogen) atoms. The van der Waals surface area contributed by atoms with Crippen LogP contribution in [0.1, 0.15) is 11.1 Å². The van der Waals surface area contributed by atoms with Crippen LogP contribution in [-0.2, 0) is 14.3 Å². The molecule has 0 heterocycles. The normalized spacial score (nSPS) is 10.6. The van der Waals surface area contributed by atoms with Gasteiger partial charge in [0.05, 0.1) is 17.8 Å². The summed E-state index contributed by atoms with van der Waals surface area (Å²) in [5.41, 5.74) is 2.05. The van der Waals surface area contributed by atoms with Crippen molar-refractivity contribution in [2.45, 2.75) is 6.92 Å². The Morgan fingerprint density at radius 2 is 2.00 bits per heavy atom. The summed E-state index contributed by atoms with van der Waals surface area (Å²) < 4.78 is 9.86. The zero-order chi connectivity index (χ0) is 19.1. The summed E-state index contributed by atoms with van der Waals surface area (Å²) in [6.45, 7) is 1.45. The van der Waals surface area contributed by atoms with Crippen LogP contribution < -0.4 is 10.1 Å². The summed E-state index contributed by atoms with van der Waals surface area (Å²) in [6, 6.07) is 9.82. The van der Waals surface area contributed by atoms with Crippen LogP contribution in [0.5, 0.6) is 11.5 Å². The second kappa shape index (κ2) is 8.92. The van der Waals surface area contributed by atoms with Gasteiger partial charge in [0.1, 0.15) is 0 Å². The summed E-state index contributed by atoms with van der Waals surface area (Å²) in [7, 11) is 1.43. The average molecular weight is 376 g/mol. The predicted octanol–water partition coefficient (Wildman–Crippen LogP) is 3.56. The number of esters is 1. The Morgan fingerprint density at radius 3 is 2.69 bits per heavy atom.